The zero-order chi connectivity index (χ0) is 24.7. The molecule has 0 saturated carbocycles. The van der Waals surface area contributed by atoms with E-state index in [4.69, 9.17) is 0 Å². The first-order valence-electron chi connectivity index (χ1n) is 11.1. The number of aromatic nitrogens is 5. The van der Waals surface area contributed by atoms with Crippen molar-refractivity contribution in [1.29, 1.82) is 0 Å². The number of amides is 1. The van der Waals surface area contributed by atoms with E-state index in [1.165, 1.54) is 35.8 Å². The quantitative estimate of drug-likeness (QED) is 0.426. The standard InChI is InChI=1S/C24H22F3N7O/c1-13(2)21-29-9-14(10-30-21)23(35)32-20-16(15-3-4-18-17(19(15)25)11-31-33-18)5-7-28-22(20)34-8-6-24(26,27)12-34/h3-5,7,9-11,13H,6,8,12H2,1-2H3,(H,31,33)(H,32,35). The van der Waals surface area contributed by atoms with Gasteiger partial charge in [-0.05, 0) is 18.2 Å². The Bertz CT molecular complexity index is 1400. The van der Waals surface area contributed by atoms with Crippen LogP contribution in [0.1, 0.15) is 42.4 Å². The first-order chi connectivity index (χ1) is 16.7. The molecule has 1 aliphatic heterocycles. The van der Waals surface area contributed by atoms with E-state index in [9.17, 15) is 13.6 Å². The van der Waals surface area contributed by atoms with E-state index < -0.39 is 24.2 Å². The summed E-state index contributed by atoms with van der Waals surface area (Å²) in [6, 6.07) is 4.74. The predicted molar refractivity (Wildman–Crippen MR) is 125 cm³/mol. The highest BCUT2D eigenvalue weighted by Crippen LogP contribution is 2.40. The van der Waals surface area contributed by atoms with Crippen LogP contribution in [-0.2, 0) is 0 Å². The van der Waals surface area contributed by atoms with E-state index in [0.717, 1.165) is 0 Å². The summed E-state index contributed by atoms with van der Waals surface area (Å²) in [7, 11) is 0. The van der Waals surface area contributed by atoms with Gasteiger partial charge >= 0.3 is 0 Å². The number of H-pyrrole nitrogens is 1. The summed E-state index contributed by atoms with van der Waals surface area (Å²) in [6.45, 7) is 3.35. The minimum Gasteiger partial charge on any atom is -0.349 e. The largest absolute Gasteiger partial charge is 0.349 e. The molecule has 1 fully saturated rings. The van der Waals surface area contributed by atoms with Crippen LogP contribution in [0, 0.1) is 5.82 Å². The van der Waals surface area contributed by atoms with Crippen molar-refractivity contribution in [2.75, 3.05) is 23.3 Å². The molecule has 4 aromatic rings. The molecule has 1 amide bonds. The van der Waals surface area contributed by atoms with Crippen LogP contribution >= 0.6 is 0 Å². The number of hydrogen-bond acceptors (Lipinski definition) is 6. The summed E-state index contributed by atoms with van der Waals surface area (Å²) < 4.78 is 43.5. The van der Waals surface area contributed by atoms with Gasteiger partial charge < -0.3 is 10.2 Å². The van der Waals surface area contributed by atoms with E-state index in [-0.39, 0.29) is 46.9 Å². The molecule has 1 aromatic carbocycles. The van der Waals surface area contributed by atoms with E-state index in [0.29, 0.717) is 16.9 Å². The predicted octanol–water partition coefficient (Wildman–Crippen LogP) is 4.78. The maximum atomic E-state index is 15.4. The van der Waals surface area contributed by atoms with E-state index in [2.05, 4.69) is 30.5 Å². The van der Waals surface area contributed by atoms with Crippen LogP contribution in [0.4, 0.5) is 24.7 Å². The molecular formula is C24H22F3N7O. The summed E-state index contributed by atoms with van der Waals surface area (Å²) in [5.41, 5.74) is 1.29. The molecule has 0 unspecified atom stereocenters. The number of benzene rings is 1. The Kier molecular flexibility index (Phi) is 5.62. The number of hydrogen-bond donors (Lipinski definition) is 2. The van der Waals surface area contributed by atoms with Crippen LogP contribution in [0.15, 0.2) is 43.0 Å². The van der Waals surface area contributed by atoms with Crippen molar-refractivity contribution in [1.82, 2.24) is 25.1 Å². The fourth-order valence-corrected chi connectivity index (χ4v) is 4.08. The van der Waals surface area contributed by atoms with Crippen LogP contribution < -0.4 is 10.2 Å². The first-order valence-corrected chi connectivity index (χ1v) is 11.1. The smallest absolute Gasteiger partial charge is 0.266 e. The zero-order valence-electron chi connectivity index (χ0n) is 19.0. The molecule has 0 atom stereocenters. The molecule has 0 spiro atoms. The van der Waals surface area contributed by atoms with Crippen LogP contribution in [0.2, 0.25) is 0 Å². The summed E-state index contributed by atoms with van der Waals surface area (Å²) in [6.07, 6.45) is 5.23. The molecule has 11 heteroatoms. The first kappa shape index (κ1) is 22.8. The second kappa shape index (κ2) is 8.64. The minimum atomic E-state index is -2.89. The fourth-order valence-electron chi connectivity index (χ4n) is 4.08. The Labute approximate surface area is 198 Å². The Morgan fingerprint density at radius 3 is 2.57 bits per heavy atom. The molecule has 1 aliphatic rings. The number of carbonyl (C=O) groups is 1. The molecule has 0 aliphatic carbocycles. The number of nitrogens with zero attached hydrogens (tertiary/aromatic N) is 5. The third kappa shape index (κ3) is 4.29. The molecule has 3 aromatic heterocycles. The van der Waals surface area contributed by atoms with Gasteiger partial charge in [0, 0.05) is 48.6 Å². The highest BCUT2D eigenvalue weighted by molar-refractivity contribution is 6.08. The number of aromatic amines is 1. The van der Waals surface area contributed by atoms with E-state index in [1.807, 2.05) is 13.8 Å². The van der Waals surface area contributed by atoms with Crippen LogP contribution in [-0.4, -0.2) is 50.1 Å². The average Bonchev–Trinajstić information content (AvgIpc) is 3.46. The molecular weight excluding hydrogens is 459 g/mol. The molecule has 0 radical (unpaired) electrons. The highest BCUT2D eigenvalue weighted by atomic mass is 19.3. The molecule has 35 heavy (non-hydrogen) atoms. The number of rotatable bonds is 5. The normalized spacial score (nSPS) is 15.2. The van der Waals surface area contributed by atoms with Crippen molar-refractivity contribution >= 4 is 28.3 Å². The Morgan fingerprint density at radius 2 is 1.89 bits per heavy atom. The van der Waals surface area contributed by atoms with Gasteiger partial charge in [0.05, 0.1) is 34.9 Å². The zero-order valence-corrected chi connectivity index (χ0v) is 19.0. The van der Waals surface area contributed by atoms with Gasteiger partial charge in [-0.2, -0.15) is 5.10 Å². The lowest BCUT2D eigenvalue weighted by molar-refractivity contribution is 0.0257. The lowest BCUT2D eigenvalue weighted by Crippen LogP contribution is -2.27. The van der Waals surface area contributed by atoms with Gasteiger partial charge in [0.1, 0.15) is 11.6 Å². The Balaban J connectivity index is 1.60. The van der Waals surface area contributed by atoms with Gasteiger partial charge in [-0.1, -0.05) is 13.8 Å². The second-order valence-corrected chi connectivity index (χ2v) is 8.78. The summed E-state index contributed by atoms with van der Waals surface area (Å²) >= 11 is 0. The van der Waals surface area contributed by atoms with Crippen molar-refractivity contribution in [3.63, 3.8) is 0 Å². The van der Waals surface area contributed by atoms with Crippen molar-refractivity contribution in [2.24, 2.45) is 0 Å². The van der Waals surface area contributed by atoms with Gasteiger partial charge in [-0.3, -0.25) is 9.89 Å². The molecule has 4 heterocycles. The molecule has 180 valence electrons. The molecule has 5 rings (SSSR count). The number of carbonyl (C=O) groups excluding carboxylic acids is 1. The SMILES string of the molecule is CC(C)c1ncc(C(=O)Nc2c(-c3ccc4[nH]ncc4c3F)ccnc2N2CCC(F)(F)C2)cn1. The fraction of sp³-hybridized carbons (Fsp3) is 0.292. The van der Waals surface area contributed by atoms with Crippen LogP contribution in [0.5, 0.6) is 0 Å². The molecule has 1 saturated heterocycles. The number of anilines is 2. The van der Waals surface area contributed by atoms with Crippen molar-refractivity contribution in [2.45, 2.75) is 32.1 Å². The number of fused-ring (bicyclic) bond motifs is 1. The van der Waals surface area contributed by atoms with Crippen LogP contribution in [0.25, 0.3) is 22.0 Å². The van der Waals surface area contributed by atoms with Crippen molar-refractivity contribution in [3.8, 4) is 11.1 Å². The van der Waals surface area contributed by atoms with Gasteiger partial charge in [0.25, 0.3) is 11.8 Å². The third-order valence-corrected chi connectivity index (χ3v) is 5.94. The number of alkyl halides is 2. The molecule has 0 bridgehead atoms. The lowest BCUT2D eigenvalue weighted by atomic mass is 10.0. The minimum absolute atomic E-state index is 0.0434. The number of halogens is 3. The summed E-state index contributed by atoms with van der Waals surface area (Å²) in [5.74, 6) is -3.20. The Morgan fingerprint density at radius 1 is 1.11 bits per heavy atom. The maximum Gasteiger partial charge on any atom is 0.266 e. The van der Waals surface area contributed by atoms with E-state index in [1.54, 1.807) is 12.1 Å². The number of nitrogens with one attached hydrogen (secondary N) is 2. The van der Waals surface area contributed by atoms with Crippen molar-refractivity contribution < 1.29 is 18.0 Å². The maximum absolute atomic E-state index is 15.4. The van der Waals surface area contributed by atoms with Gasteiger partial charge in [-0.15, -0.1) is 0 Å². The second-order valence-electron chi connectivity index (χ2n) is 8.78. The summed E-state index contributed by atoms with van der Waals surface area (Å²) in [4.78, 5) is 27.2. The lowest BCUT2D eigenvalue weighted by Gasteiger charge is -2.23. The van der Waals surface area contributed by atoms with Crippen LogP contribution in [0.3, 0.4) is 0 Å². The Hall–Kier alpha value is -4.02. The topological polar surface area (TPSA) is 99.7 Å². The average molecular weight is 481 g/mol. The molecule has 8 nitrogen and oxygen atoms in total. The highest BCUT2D eigenvalue weighted by Gasteiger charge is 2.40. The van der Waals surface area contributed by atoms with Gasteiger partial charge in [0.15, 0.2) is 5.82 Å². The summed E-state index contributed by atoms with van der Waals surface area (Å²) in [5, 5.41) is 9.60. The van der Waals surface area contributed by atoms with E-state index >= 15 is 4.39 Å². The van der Waals surface area contributed by atoms with Gasteiger partial charge in [0.2, 0.25) is 0 Å². The number of pyridine rings is 1. The van der Waals surface area contributed by atoms with Crippen molar-refractivity contribution in [3.05, 3.63) is 60.2 Å². The third-order valence-electron chi connectivity index (χ3n) is 5.94. The monoisotopic (exact) mass is 481 g/mol. The molecule has 2 N–H and O–H groups in total. The van der Waals surface area contributed by atoms with Gasteiger partial charge in [-0.25, -0.2) is 28.1 Å².